The Morgan fingerprint density at radius 2 is 2.00 bits per heavy atom. The van der Waals surface area contributed by atoms with Gasteiger partial charge in [0.2, 0.25) is 0 Å². The smallest absolute Gasteiger partial charge is 0.271 e. The summed E-state index contributed by atoms with van der Waals surface area (Å²) in [5.41, 5.74) is 5.19. The normalized spacial score (nSPS) is 19.3. The number of rotatable bonds is 3. The third-order valence-electron chi connectivity index (χ3n) is 3.91. The van der Waals surface area contributed by atoms with E-state index in [-0.39, 0.29) is 5.91 Å². The van der Waals surface area contributed by atoms with Gasteiger partial charge in [-0.25, -0.2) is 0 Å². The number of amides is 2. The lowest BCUT2D eigenvalue weighted by Crippen LogP contribution is -2.46. The Hall–Kier alpha value is -1.59. The fourth-order valence-corrected chi connectivity index (χ4v) is 2.78. The van der Waals surface area contributed by atoms with Crippen LogP contribution < -0.4 is 10.9 Å². The molecule has 2 amide bonds. The molecule has 1 aliphatic heterocycles. The van der Waals surface area contributed by atoms with Crippen LogP contribution in [-0.4, -0.2) is 36.3 Å². The summed E-state index contributed by atoms with van der Waals surface area (Å²) in [5.74, 6) is 0.0892. The molecular formula is C16H22ClN3O2. The molecule has 1 fully saturated rings. The van der Waals surface area contributed by atoms with Crippen LogP contribution in [0.5, 0.6) is 0 Å². The van der Waals surface area contributed by atoms with E-state index in [1.54, 1.807) is 24.3 Å². The van der Waals surface area contributed by atoms with Gasteiger partial charge in [-0.05, 0) is 50.4 Å². The summed E-state index contributed by atoms with van der Waals surface area (Å²) in [6.45, 7) is 4.40. The number of hydrogen-bond acceptors (Lipinski definition) is 3. The van der Waals surface area contributed by atoms with Gasteiger partial charge in [-0.15, -0.1) is 0 Å². The van der Waals surface area contributed by atoms with Gasteiger partial charge in [-0.1, -0.05) is 30.7 Å². The van der Waals surface area contributed by atoms with E-state index in [0.29, 0.717) is 23.0 Å². The summed E-state index contributed by atoms with van der Waals surface area (Å²) in [6, 6.07) is 6.72. The molecule has 120 valence electrons. The third-order valence-corrected chi connectivity index (χ3v) is 4.24. The van der Waals surface area contributed by atoms with Gasteiger partial charge >= 0.3 is 0 Å². The summed E-state index contributed by atoms with van der Waals surface area (Å²) in [5, 5.41) is 0.357. The lowest BCUT2D eigenvalue weighted by Gasteiger charge is -2.19. The molecule has 0 bridgehead atoms. The predicted molar refractivity (Wildman–Crippen MR) is 86.5 cm³/mol. The van der Waals surface area contributed by atoms with E-state index in [9.17, 15) is 9.59 Å². The zero-order chi connectivity index (χ0) is 15.9. The Morgan fingerprint density at radius 1 is 1.23 bits per heavy atom. The molecule has 1 aromatic carbocycles. The number of hydrazine groups is 1. The van der Waals surface area contributed by atoms with Gasteiger partial charge < -0.3 is 0 Å². The van der Waals surface area contributed by atoms with Crippen molar-refractivity contribution in [2.75, 3.05) is 19.6 Å². The summed E-state index contributed by atoms with van der Waals surface area (Å²) in [7, 11) is 0. The number of hydrogen-bond donors (Lipinski definition) is 2. The molecule has 1 unspecified atom stereocenters. The Kier molecular flexibility index (Phi) is 6.21. The minimum atomic E-state index is -0.413. The number of nitrogens with one attached hydrogen (secondary N) is 2. The molecule has 2 N–H and O–H groups in total. The Balaban J connectivity index is 1.78. The largest absolute Gasteiger partial charge is 0.294 e. The highest BCUT2D eigenvalue weighted by Crippen LogP contribution is 2.16. The van der Waals surface area contributed by atoms with Crippen molar-refractivity contribution in [2.45, 2.75) is 26.2 Å². The SMILES string of the molecule is CC1CCCN(CC(=O)NNC(=O)c2ccccc2Cl)CC1. The van der Waals surface area contributed by atoms with Crippen LogP contribution in [0.15, 0.2) is 24.3 Å². The van der Waals surface area contributed by atoms with Gasteiger partial charge in [0.05, 0.1) is 17.1 Å². The second-order valence-electron chi connectivity index (χ2n) is 5.79. The lowest BCUT2D eigenvalue weighted by atomic mass is 10.0. The molecule has 0 saturated carbocycles. The highest BCUT2D eigenvalue weighted by Gasteiger charge is 2.17. The van der Waals surface area contributed by atoms with Gasteiger partial charge in [-0.2, -0.15) is 0 Å². The van der Waals surface area contributed by atoms with Crippen LogP contribution in [0, 0.1) is 5.92 Å². The first-order valence-electron chi connectivity index (χ1n) is 7.62. The molecule has 0 radical (unpaired) electrons. The van der Waals surface area contributed by atoms with Crippen LogP contribution in [-0.2, 0) is 4.79 Å². The Morgan fingerprint density at radius 3 is 2.77 bits per heavy atom. The van der Waals surface area contributed by atoms with Gasteiger partial charge in [0.15, 0.2) is 0 Å². The van der Waals surface area contributed by atoms with Crippen LogP contribution >= 0.6 is 11.6 Å². The molecule has 0 aliphatic carbocycles. The summed E-state index contributed by atoms with van der Waals surface area (Å²) in [4.78, 5) is 26.0. The summed E-state index contributed by atoms with van der Waals surface area (Å²) < 4.78 is 0. The van der Waals surface area contributed by atoms with Crippen molar-refractivity contribution in [1.29, 1.82) is 0 Å². The van der Waals surface area contributed by atoms with E-state index in [4.69, 9.17) is 11.6 Å². The molecular weight excluding hydrogens is 302 g/mol. The minimum absolute atomic E-state index is 0.213. The first-order chi connectivity index (χ1) is 10.6. The van der Waals surface area contributed by atoms with Gasteiger partial charge in [0.1, 0.15) is 0 Å². The zero-order valence-corrected chi connectivity index (χ0v) is 13.5. The van der Waals surface area contributed by atoms with E-state index in [1.807, 2.05) is 0 Å². The topological polar surface area (TPSA) is 61.4 Å². The van der Waals surface area contributed by atoms with Crippen molar-refractivity contribution < 1.29 is 9.59 Å². The van der Waals surface area contributed by atoms with E-state index in [1.165, 1.54) is 6.42 Å². The van der Waals surface area contributed by atoms with Crippen LogP contribution in [0.3, 0.4) is 0 Å². The second kappa shape index (κ2) is 8.15. The van der Waals surface area contributed by atoms with Crippen LogP contribution in [0.4, 0.5) is 0 Å². The van der Waals surface area contributed by atoms with Crippen molar-refractivity contribution in [3.8, 4) is 0 Å². The summed E-state index contributed by atoms with van der Waals surface area (Å²) in [6.07, 6.45) is 3.43. The average molecular weight is 324 g/mol. The van der Waals surface area contributed by atoms with Gasteiger partial charge in [0, 0.05) is 0 Å². The zero-order valence-electron chi connectivity index (χ0n) is 12.8. The van der Waals surface area contributed by atoms with Crippen LogP contribution in [0.2, 0.25) is 5.02 Å². The Bertz CT molecular complexity index is 536. The standard InChI is InChI=1S/C16H22ClN3O2/c1-12-5-4-9-20(10-8-12)11-15(21)18-19-16(22)13-6-2-3-7-14(13)17/h2-3,6-7,12H,4-5,8-11H2,1H3,(H,18,21)(H,19,22). The fraction of sp³-hybridized carbons (Fsp3) is 0.500. The third kappa shape index (κ3) is 5.00. The van der Waals surface area contributed by atoms with Crippen LogP contribution in [0.1, 0.15) is 36.5 Å². The molecule has 1 aromatic rings. The monoisotopic (exact) mass is 323 g/mol. The molecule has 6 heteroatoms. The quantitative estimate of drug-likeness (QED) is 0.839. The number of benzene rings is 1. The average Bonchev–Trinajstić information content (AvgIpc) is 2.70. The second-order valence-corrected chi connectivity index (χ2v) is 6.20. The number of carbonyl (C=O) groups excluding carboxylic acids is 2. The number of carbonyl (C=O) groups is 2. The first kappa shape index (κ1) is 16.8. The molecule has 5 nitrogen and oxygen atoms in total. The minimum Gasteiger partial charge on any atom is -0.294 e. The van der Waals surface area contributed by atoms with Gasteiger partial charge in [-0.3, -0.25) is 25.3 Å². The lowest BCUT2D eigenvalue weighted by molar-refractivity contribution is -0.123. The highest BCUT2D eigenvalue weighted by molar-refractivity contribution is 6.33. The van der Waals surface area contributed by atoms with E-state index < -0.39 is 5.91 Å². The molecule has 2 rings (SSSR count). The number of likely N-dealkylation sites (tertiary alicyclic amines) is 1. The molecule has 1 saturated heterocycles. The van der Waals surface area contributed by atoms with Gasteiger partial charge in [0.25, 0.3) is 11.8 Å². The van der Waals surface area contributed by atoms with E-state index in [0.717, 1.165) is 25.9 Å². The molecule has 0 spiro atoms. The number of halogens is 1. The maximum absolute atomic E-state index is 11.9. The fourth-order valence-electron chi connectivity index (χ4n) is 2.56. The molecule has 22 heavy (non-hydrogen) atoms. The van der Waals surface area contributed by atoms with Crippen molar-refractivity contribution in [3.63, 3.8) is 0 Å². The maximum Gasteiger partial charge on any atom is 0.271 e. The molecule has 1 aliphatic rings. The van der Waals surface area contributed by atoms with E-state index >= 15 is 0 Å². The predicted octanol–water partition coefficient (Wildman–Crippen LogP) is 2.22. The first-order valence-corrected chi connectivity index (χ1v) is 8.00. The maximum atomic E-state index is 11.9. The summed E-state index contributed by atoms with van der Waals surface area (Å²) >= 11 is 5.94. The van der Waals surface area contributed by atoms with Crippen molar-refractivity contribution >= 4 is 23.4 Å². The molecule has 1 heterocycles. The molecule has 1 atom stereocenters. The van der Waals surface area contributed by atoms with Crippen molar-refractivity contribution in [2.24, 2.45) is 5.92 Å². The van der Waals surface area contributed by atoms with E-state index in [2.05, 4.69) is 22.7 Å². The number of nitrogens with zero attached hydrogens (tertiary/aromatic N) is 1. The highest BCUT2D eigenvalue weighted by atomic mass is 35.5. The van der Waals surface area contributed by atoms with Crippen LogP contribution in [0.25, 0.3) is 0 Å². The van der Waals surface area contributed by atoms with Crippen molar-refractivity contribution in [3.05, 3.63) is 34.9 Å². The molecule has 0 aromatic heterocycles. The van der Waals surface area contributed by atoms with Crippen molar-refractivity contribution in [1.82, 2.24) is 15.8 Å². The Labute approximate surface area is 136 Å².